The van der Waals surface area contributed by atoms with Crippen molar-refractivity contribution in [3.05, 3.63) is 100 Å². The SMILES string of the molecule is CCOC(=O)c1cccc2c1C(=O)C(c1ccc(C(=O)N(C)C)cc1)C(c1ccc(F)cc1)N2.[Na]. The topological polar surface area (TPSA) is 75.7 Å². The number of amides is 1. The van der Waals surface area contributed by atoms with Crippen molar-refractivity contribution in [2.24, 2.45) is 0 Å². The first-order valence-corrected chi connectivity index (χ1v) is 11.0. The second kappa shape index (κ2) is 11.2. The van der Waals surface area contributed by atoms with E-state index in [1.54, 1.807) is 75.6 Å². The number of halogens is 1. The van der Waals surface area contributed by atoms with E-state index in [0.29, 0.717) is 16.8 Å². The van der Waals surface area contributed by atoms with Crippen molar-refractivity contribution in [1.29, 1.82) is 0 Å². The number of hydrogen-bond acceptors (Lipinski definition) is 5. The van der Waals surface area contributed by atoms with Gasteiger partial charge < -0.3 is 15.0 Å². The fraction of sp³-hybridized carbons (Fsp3) is 0.222. The Balaban J connectivity index is 0.00000342. The largest absolute Gasteiger partial charge is 0.462 e. The second-order valence-electron chi connectivity index (χ2n) is 8.29. The predicted molar refractivity (Wildman–Crippen MR) is 132 cm³/mol. The Bertz CT molecular complexity index is 1240. The van der Waals surface area contributed by atoms with Crippen LogP contribution in [-0.2, 0) is 4.74 Å². The molecule has 1 aliphatic rings. The van der Waals surface area contributed by atoms with Crippen molar-refractivity contribution in [3.8, 4) is 0 Å². The van der Waals surface area contributed by atoms with Crippen LogP contribution in [0.4, 0.5) is 10.1 Å². The average molecular weight is 483 g/mol. The molecule has 0 aliphatic carbocycles. The van der Waals surface area contributed by atoms with Crippen molar-refractivity contribution in [2.45, 2.75) is 18.9 Å². The first-order chi connectivity index (χ1) is 16.3. The zero-order valence-corrected chi connectivity index (χ0v) is 22.2. The van der Waals surface area contributed by atoms with Crippen LogP contribution in [0.25, 0.3) is 0 Å². The number of carbonyl (C=O) groups is 3. The molecule has 0 aromatic heterocycles. The molecule has 1 N–H and O–H groups in total. The van der Waals surface area contributed by atoms with Crippen molar-refractivity contribution in [1.82, 2.24) is 4.90 Å². The van der Waals surface area contributed by atoms with Gasteiger partial charge in [-0.3, -0.25) is 9.59 Å². The maximum atomic E-state index is 13.9. The number of fused-ring (bicyclic) bond motifs is 1. The number of esters is 1. The zero-order chi connectivity index (χ0) is 24.4. The van der Waals surface area contributed by atoms with E-state index in [4.69, 9.17) is 4.74 Å². The number of nitrogens with zero attached hydrogens (tertiary/aromatic N) is 1. The fourth-order valence-corrected chi connectivity index (χ4v) is 4.26. The van der Waals surface area contributed by atoms with Crippen LogP contribution in [0.2, 0.25) is 0 Å². The quantitative estimate of drug-likeness (QED) is 0.429. The molecule has 175 valence electrons. The molecule has 1 radical (unpaired) electrons. The number of benzene rings is 3. The van der Waals surface area contributed by atoms with E-state index < -0.39 is 17.9 Å². The molecule has 0 saturated carbocycles. The van der Waals surface area contributed by atoms with Gasteiger partial charge in [0, 0.05) is 54.9 Å². The second-order valence-corrected chi connectivity index (χ2v) is 8.29. The van der Waals surface area contributed by atoms with Gasteiger partial charge in [0.15, 0.2) is 5.78 Å². The molecule has 8 heteroatoms. The third kappa shape index (κ3) is 5.32. The van der Waals surface area contributed by atoms with Crippen molar-refractivity contribution in [3.63, 3.8) is 0 Å². The van der Waals surface area contributed by atoms with Gasteiger partial charge in [-0.1, -0.05) is 30.3 Å². The van der Waals surface area contributed by atoms with Crippen LogP contribution in [0.3, 0.4) is 0 Å². The van der Waals surface area contributed by atoms with E-state index in [9.17, 15) is 18.8 Å². The van der Waals surface area contributed by atoms with Crippen LogP contribution in [-0.4, -0.2) is 72.8 Å². The van der Waals surface area contributed by atoms with Gasteiger partial charge in [0.25, 0.3) is 5.91 Å². The van der Waals surface area contributed by atoms with E-state index in [1.165, 1.54) is 17.0 Å². The summed E-state index contributed by atoms with van der Waals surface area (Å²) in [5.74, 6) is -2.06. The molecule has 6 nitrogen and oxygen atoms in total. The van der Waals surface area contributed by atoms with E-state index in [1.807, 2.05) is 0 Å². The molecule has 4 rings (SSSR count). The standard InChI is InChI=1S/C27H25FN2O4.Na/c1-4-34-27(33)20-6-5-7-21-23(20)25(31)22(24(29-21)17-12-14-19(28)15-13-17)16-8-10-18(11-9-16)26(32)30(2)3;/h5-15,22,24,29H,4H2,1-3H3;. The number of ether oxygens (including phenoxy) is 1. The molecular formula is C27H25FN2NaO4. The minimum atomic E-state index is -0.711. The smallest absolute Gasteiger partial charge is 0.338 e. The summed E-state index contributed by atoms with van der Waals surface area (Å²) in [5, 5.41) is 3.38. The molecule has 1 amide bonds. The first kappa shape index (κ1) is 26.6. The Morgan fingerprint density at radius 2 is 1.60 bits per heavy atom. The van der Waals surface area contributed by atoms with Gasteiger partial charge in [-0.2, -0.15) is 0 Å². The molecule has 0 bridgehead atoms. The van der Waals surface area contributed by atoms with Crippen LogP contribution < -0.4 is 5.32 Å². The van der Waals surface area contributed by atoms with Gasteiger partial charge >= 0.3 is 5.97 Å². The minimum Gasteiger partial charge on any atom is -0.462 e. The molecule has 1 aliphatic heterocycles. The van der Waals surface area contributed by atoms with Crippen LogP contribution in [0.1, 0.15) is 61.1 Å². The molecule has 0 fully saturated rings. The predicted octanol–water partition coefficient (Wildman–Crippen LogP) is 4.46. The summed E-state index contributed by atoms with van der Waals surface area (Å²) >= 11 is 0. The normalized spacial score (nSPS) is 16.4. The number of anilines is 1. The third-order valence-corrected chi connectivity index (χ3v) is 5.89. The van der Waals surface area contributed by atoms with Gasteiger partial charge in [0.05, 0.1) is 29.7 Å². The Labute approximate surface area is 225 Å². The van der Waals surface area contributed by atoms with E-state index in [0.717, 1.165) is 5.56 Å². The van der Waals surface area contributed by atoms with E-state index in [-0.39, 0.29) is 64.8 Å². The molecule has 3 aromatic rings. The summed E-state index contributed by atoms with van der Waals surface area (Å²) in [5.41, 5.74) is 2.86. The number of Topliss-reactive ketones (excluding diaryl/α,β-unsaturated/α-hetero) is 1. The third-order valence-electron chi connectivity index (χ3n) is 5.89. The number of hydrogen-bond donors (Lipinski definition) is 1. The van der Waals surface area contributed by atoms with Crippen molar-refractivity contribution >= 4 is 52.9 Å². The molecule has 0 spiro atoms. The fourth-order valence-electron chi connectivity index (χ4n) is 4.26. The van der Waals surface area contributed by atoms with Gasteiger partial charge in [-0.25, -0.2) is 9.18 Å². The molecule has 0 saturated heterocycles. The summed E-state index contributed by atoms with van der Waals surface area (Å²) in [6.07, 6.45) is 0. The van der Waals surface area contributed by atoms with Crippen LogP contribution in [0, 0.1) is 5.82 Å². The monoisotopic (exact) mass is 483 g/mol. The Kier molecular flexibility index (Phi) is 8.48. The molecule has 2 unspecified atom stereocenters. The molecular weight excluding hydrogens is 458 g/mol. The van der Waals surface area contributed by atoms with Gasteiger partial charge in [-0.15, -0.1) is 0 Å². The molecule has 2 atom stereocenters. The first-order valence-electron chi connectivity index (χ1n) is 11.0. The van der Waals surface area contributed by atoms with E-state index >= 15 is 0 Å². The van der Waals surface area contributed by atoms with Crippen molar-refractivity contribution in [2.75, 3.05) is 26.0 Å². The minimum absolute atomic E-state index is 0. The number of rotatable bonds is 5. The average Bonchev–Trinajstić information content (AvgIpc) is 2.84. The van der Waals surface area contributed by atoms with Gasteiger partial charge in [-0.05, 0) is 54.4 Å². The maximum Gasteiger partial charge on any atom is 0.338 e. The summed E-state index contributed by atoms with van der Waals surface area (Å²) < 4.78 is 18.8. The zero-order valence-electron chi connectivity index (χ0n) is 20.2. The number of nitrogens with one attached hydrogen (secondary N) is 1. The van der Waals surface area contributed by atoms with Crippen LogP contribution in [0.15, 0.2) is 66.7 Å². The summed E-state index contributed by atoms with van der Waals surface area (Å²) in [4.78, 5) is 40.3. The van der Waals surface area contributed by atoms with Gasteiger partial charge in [0.2, 0.25) is 0 Å². The number of carbonyl (C=O) groups excluding carboxylic acids is 3. The van der Waals surface area contributed by atoms with Crippen molar-refractivity contribution < 1.29 is 23.5 Å². The Morgan fingerprint density at radius 1 is 0.971 bits per heavy atom. The Morgan fingerprint density at radius 3 is 2.20 bits per heavy atom. The van der Waals surface area contributed by atoms with Crippen LogP contribution >= 0.6 is 0 Å². The Hall–Kier alpha value is -3.00. The molecule has 1 heterocycles. The number of ketones is 1. The summed E-state index contributed by atoms with van der Waals surface area (Å²) in [6.45, 7) is 1.89. The van der Waals surface area contributed by atoms with E-state index in [2.05, 4.69) is 5.32 Å². The molecule has 35 heavy (non-hydrogen) atoms. The van der Waals surface area contributed by atoms with Gasteiger partial charge in [0.1, 0.15) is 5.82 Å². The van der Waals surface area contributed by atoms with Crippen LogP contribution in [0.5, 0.6) is 0 Å². The summed E-state index contributed by atoms with van der Waals surface area (Å²) in [7, 11) is 3.34. The summed E-state index contributed by atoms with van der Waals surface area (Å²) in [6, 6.07) is 17.3. The molecule has 3 aromatic carbocycles. The maximum absolute atomic E-state index is 13.9.